The van der Waals surface area contributed by atoms with Gasteiger partial charge in [0, 0.05) is 5.41 Å². The van der Waals surface area contributed by atoms with E-state index in [2.05, 4.69) is 47.8 Å². The van der Waals surface area contributed by atoms with Gasteiger partial charge in [0.15, 0.2) is 0 Å². The first-order chi connectivity index (χ1) is 17.2. The van der Waals surface area contributed by atoms with E-state index in [4.69, 9.17) is 4.74 Å². The van der Waals surface area contributed by atoms with Crippen LogP contribution in [0.5, 0.6) is 0 Å². The zero-order valence-corrected chi connectivity index (χ0v) is 23.7. The van der Waals surface area contributed by atoms with Gasteiger partial charge in [-0.1, -0.05) is 58.9 Å². The summed E-state index contributed by atoms with van der Waals surface area (Å²) in [5, 5.41) is 0. The molecular weight excluding hydrogens is 486 g/mol. The lowest BCUT2D eigenvalue weighted by molar-refractivity contribution is 0.0377. The Kier molecular flexibility index (Phi) is 6.80. The van der Waals surface area contributed by atoms with Crippen molar-refractivity contribution in [2.75, 3.05) is 12.4 Å². The van der Waals surface area contributed by atoms with E-state index in [-0.39, 0.29) is 45.8 Å². The number of amides is 1. The van der Waals surface area contributed by atoms with Gasteiger partial charge in [0.1, 0.15) is 0 Å². The molecule has 2 aliphatic carbocycles. The molecule has 1 spiro atoms. The van der Waals surface area contributed by atoms with Crippen molar-refractivity contribution in [3.63, 3.8) is 0 Å². The summed E-state index contributed by atoms with van der Waals surface area (Å²) >= 11 is 0. The molecule has 37 heavy (non-hydrogen) atoms. The topological polar surface area (TPSA) is 80.8 Å². The van der Waals surface area contributed by atoms with Crippen LogP contribution in [0.25, 0.3) is 0 Å². The highest BCUT2D eigenvalue weighted by atomic mass is 32.2. The first-order valence-electron chi connectivity index (χ1n) is 13.2. The van der Waals surface area contributed by atoms with E-state index in [1.54, 1.807) is 12.1 Å². The average Bonchev–Trinajstić information content (AvgIpc) is 3.31. The number of fused-ring (bicyclic) bond motifs is 1. The molecular formula is C30H41NO5S. The summed E-state index contributed by atoms with van der Waals surface area (Å²) in [6, 6.07) is 6.02. The van der Waals surface area contributed by atoms with Gasteiger partial charge in [-0.05, 0) is 66.4 Å². The van der Waals surface area contributed by atoms with Crippen molar-refractivity contribution >= 4 is 21.9 Å². The van der Waals surface area contributed by atoms with E-state index >= 15 is 0 Å². The van der Waals surface area contributed by atoms with Crippen molar-refractivity contribution in [1.82, 2.24) is 4.31 Å². The monoisotopic (exact) mass is 527 g/mol. The number of hydrogen-bond donors (Lipinski definition) is 0. The zero-order chi connectivity index (χ0) is 27.4. The van der Waals surface area contributed by atoms with Crippen LogP contribution in [-0.2, 0) is 14.8 Å². The molecule has 1 aromatic carbocycles. The van der Waals surface area contributed by atoms with Crippen LogP contribution < -0.4 is 0 Å². The summed E-state index contributed by atoms with van der Waals surface area (Å²) in [5.41, 5.74) is -0.831. The van der Waals surface area contributed by atoms with Gasteiger partial charge in [-0.3, -0.25) is 4.79 Å². The number of hydrogen-bond acceptors (Lipinski definition) is 5. The number of esters is 1. The van der Waals surface area contributed by atoms with E-state index in [1.807, 2.05) is 12.2 Å². The molecule has 3 aliphatic rings. The SMILES string of the molecule is C=CCC(C)(C)C(C)(C=C)CCOC(=O)c1ccccc1C(=O)N1C2CC3CCC2(CS1(=O)=O)C3(C)C. The Hall–Kier alpha value is -2.41. The Bertz CT molecular complexity index is 1230. The highest BCUT2D eigenvalue weighted by molar-refractivity contribution is 7.90. The number of benzene rings is 1. The van der Waals surface area contributed by atoms with E-state index in [9.17, 15) is 18.0 Å². The van der Waals surface area contributed by atoms with E-state index < -0.39 is 27.3 Å². The van der Waals surface area contributed by atoms with Gasteiger partial charge in [-0.15, -0.1) is 13.2 Å². The van der Waals surface area contributed by atoms with Crippen molar-refractivity contribution in [3.05, 3.63) is 60.7 Å². The number of ether oxygens (including phenoxy) is 1. The molecule has 3 fully saturated rings. The maximum Gasteiger partial charge on any atom is 0.338 e. The van der Waals surface area contributed by atoms with E-state index in [0.717, 1.165) is 23.6 Å². The predicted molar refractivity (Wildman–Crippen MR) is 146 cm³/mol. The number of sulfonamides is 1. The Morgan fingerprint density at radius 1 is 1.16 bits per heavy atom. The van der Waals surface area contributed by atoms with Gasteiger partial charge in [0.05, 0.1) is 29.5 Å². The molecule has 0 radical (unpaired) electrons. The number of rotatable bonds is 9. The maximum atomic E-state index is 13.8. The molecule has 4 unspecified atom stereocenters. The fourth-order valence-electron chi connectivity index (χ4n) is 7.27. The Morgan fingerprint density at radius 2 is 1.81 bits per heavy atom. The predicted octanol–water partition coefficient (Wildman–Crippen LogP) is 6.01. The highest BCUT2D eigenvalue weighted by Gasteiger charge is 2.72. The molecule has 0 aromatic heterocycles. The second-order valence-corrected chi connectivity index (χ2v) is 14.5. The molecule has 6 nitrogen and oxygen atoms in total. The second-order valence-electron chi connectivity index (χ2n) is 12.7. The third kappa shape index (κ3) is 4.08. The minimum absolute atomic E-state index is 0.00680. The molecule has 4 atom stereocenters. The number of carbonyl (C=O) groups excluding carboxylic acids is 2. The van der Waals surface area contributed by atoms with Gasteiger partial charge in [0.2, 0.25) is 10.0 Å². The highest BCUT2D eigenvalue weighted by Crippen LogP contribution is 2.70. The first-order valence-corrected chi connectivity index (χ1v) is 14.9. The van der Waals surface area contributed by atoms with Crippen LogP contribution >= 0.6 is 0 Å². The van der Waals surface area contributed by atoms with Crippen molar-refractivity contribution in [3.8, 4) is 0 Å². The van der Waals surface area contributed by atoms with Crippen molar-refractivity contribution < 1.29 is 22.7 Å². The lowest BCUT2D eigenvalue weighted by Crippen LogP contribution is -2.44. The number of nitrogens with zero attached hydrogens (tertiary/aromatic N) is 1. The minimum Gasteiger partial charge on any atom is -0.462 e. The Labute approximate surface area is 222 Å². The summed E-state index contributed by atoms with van der Waals surface area (Å²) in [6.07, 6.45) is 7.61. The average molecular weight is 528 g/mol. The van der Waals surface area contributed by atoms with E-state index in [0.29, 0.717) is 18.8 Å². The molecule has 1 aromatic rings. The molecule has 2 saturated carbocycles. The first kappa shape index (κ1) is 27.6. The lowest BCUT2D eigenvalue weighted by Gasteiger charge is -2.42. The smallest absolute Gasteiger partial charge is 0.338 e. The van der Waals surface area contributed by atoms with Gasteiger partial charge >= 0.3 is 5.97 Å². The molecule has 7 heteroatoms. The molecule has 1 amide bonds. The van der Waals surface area contributed by atoms with Gasteiger partial charge in [-0.2, -0.15) is 0 Å². The molecule has 0 N–H and O–H groups in total. The van der Waals surface area contributed by atoms with Crippen LogP contribution in [0.3, 0.4) is 0 Å². The molecule has 1 aliphatic heterocycles. The third-order valence-corrected chi connectivity index (χ3v) is 12.4. The van der Waals surface area contributed by atoms with Crippen LogP contribution in [0.2, 0.25) is 0 Å². The van der Waals surface area contributed by atoms with Crippen molar-refractivity contribution in [1.29, 1.82) is 0 Å². The standard InChI is InChI=1S/C30H41NO5S/c1-8-15-27(3,4)29(7,9-2)17-18-36-26(33)23-13-11-10-12-22(23)25(32)31-24-19-21-14-16-30(24,28(21,5)6)20-37(31,34)35/h8-13,21,24H,1-2,14-20H2,3-7H3. The molecule has 2 bridgehead atoms. The molecule has 4 rings (SSSR count). The third-order valence-electron chi connectivity index (χ3n) is 10.5. The number of allylic oxidation sites excluding steroid dienone is 2. The van der Waals surface area contributed by atoms with Gasteiger partial charge < -0.3 is 4.74 Å². The molecule has 202 valence electrons. The quantitative estimate of drug-likeness (QED) is 0.290. The Balaban J connectivity index is 1.55. The fourth-order valence-corrected chi connectivity index (χ4v) is 9.79. The lowest BCUT2D eigenvalue weighted by atomic mass is 9.63. The zero-order valence-electron chi connectivity index (χ0n) is 22.9. The summed E-state index contributed by atoms with van der Waals surface area (Å²) in [6.45, 7) is 18.6. The van der Waals surface area contributed by atoms with Crippen LogP contribution in [-0.4, -0.2) is 43.0 Å². The van der Waals surface area contributed by atoms with Crippen LogP contribution in [0.1, 0.15) is 87.4 Å². The fraction of sp³-hybridized carbons (Fsp3) is 0.600. The van der Waals surface area contributed by atoms with Gasteiger partial charge in [-0.25, -0.2) is 17.5 Å². The van der Waals surface area contributed by atoms with Crippen molar-refractivity contribution in [2.24, 2.45) is 27.6 Å². The summed E-state index contributed by atoms with van der Waals surface area (Å²) in [5.74, 6) is -0.863. The summed E-state index contributed by atoms with van der Waals surface area (Å²) < 4.78 is 33.5. The normalized spacial score (nSPS) is 28.8. The number of carbonyl (C=O) groups is 2. The van der Waals surface area contributed by atoms with Crippen molar-refractivity contribution in [2.45, 2.75) is 72.8 Å². The van der Waals surface area contributed by atoms with Crippen LogP contribution in [0.4, 0.5) is 0 Å². The summed E-state index contributed by atoms with van der Waals surface area (Å²) in [7, 11) is -3.80. The molecule has 1 heterocycles. The summed E-state index contributed by atoms with van der Waals surface area (Å²) in [4.78, 5) is 27.0. The maximum absolute atomic E-state index is 13.8. The van der Waals surface area contributed by atoms with Crippen LogP contribution in [0.15, 0.2) is 49.6 Å². The minimum atomic E-state index is -3.80. The van der Waals surface area contributed by atoms with Gasteiger partial charge in [0.25, 0.3) is 5.91 Å². The largest absolute Gasteiger partial charge is 0.462 e. The second kappa shape index (κ2) is 9.11. The Morgan fingerprint density at radius 3 is 2.41 bits per heavy atom. The molecule has 1 saturated heterocycles. The van der Waals surface area contributed by atoms with E-state index in [1.165, 1.54) is 12.1 Å². The van der Waals surface area contributed by atoms with Crippen LogP contribution in [0, 0.1) is 27.6 Å².